The van der Waals surface area contributed by atoms with Gasteiger partial charge in [0.2, 0.25) is 12.3 Å². The van der Waals surface area contributed by atoms with Crippen LogP contribution in [0.3, 0.4) is 0 Å². The molecule has 0 saturated heterocycles. The van der Waals surface area contributed by atoms with Crippen molar-refractivity contribution < 1.29 is 56.8 Å². The number of aromatic nitrogens is 3. The molecule has 16 nitrogen and oxygen atoms in total. The van der Waals surface area contributed by atoms with Gasteiger partial charge in [0, 0.05) is 59.3 Å². The molecule has 1 amide bonds. The van der Waals surface area contributed by atoms with E-state index in [0.717, 1.165) is 0 Å². The lowest BCUT2D eigenvalue weighted by Crippen LogP contribution is -2.34. The van der Waals surface area contributed by atoms with Crippen LogP contribution in [0, 0.1) is 23.7 Å². The van der Waals surface area contributed by atoms with Gasteiger partial charge in [-0.25, -0.2) is 15.0 Å². The second kappa shape index (κ2) is 24.1. The monoisotopic (exact) mass is 840 g/mol. The molecule has 332 valence electrons. The Hall–Kier alpha value is -4.48. The van der Waals surface area contributed by atoms with Crippen molar-refractivity contribution in [3.8, 4) is 23.2 Å². The lowest BCUT2D eigenvalue weighted by Gasteiger charge is -2.31. The van der Waals surface area contributed by atoms with E-state index in [9.17, 15) is 24.6 Å². The minimum Gasteiger partial charge on any atom is -0.462 e. The van der Waals surface area contributed by atoms with Crippen LogP contribution in [0.1, 0.15) is 110 Å². The molecule has 4 heterocycles. The van der Waals surface area contributed by atoms with Crippen LogP contribution in [-0.2, 0) is 33.3 Å². The molecule has 0 saturated carbocycles. The number of Topliss-reactive ketones (excluding diaryl/α,β-unsaturated/α-hetero) is 1. The zero-order chi connectivity index (χ0) is 43.8. The van der Waals surface area contributed by atoms with Crippen LogP contribution >= 0.6 is 0 Å². The minimum absolute atomic E-state index is 0.0467. The molecule has 0 aliphatic carbocycles. The summed E-state index contributed by atoms with van der Waals surface area (Å²) in [6.45, 7) is 7.74. The number of carbonyl (C=O) groups excluding carboxylic acids is 3. The molecule has 4 rings (SSSR count). The number of methoxy groups -OCH3 is 3. The first-order valence-corrected chi connectivity index (χ1v) is 20.8. The van der Waals surface area contributed by atoms with Crippen molar-refractivity contribution in [1.29, 1.82) is 0 Å². The summed E-state index contributed by atoms with van der Waals surface area (Å²) in [5.41, 5.74) is 1.35. The smallest absolute Gasteiger partial charge is 0.308 e. The van der Waals surface area contributed by atoms with E-state index in [0.29, 0.717) is 80.7 Å². The van der Waals surface area contributed by atoms with Crippen LogP contribution in [0.25, 0.3) is 29.2 Å². The number of esters is 1. The summed E-state index contributed by atoms with van der Waals surface area (Å²) in [5.74, 6) is -0.691. The molecule has 0 spiro atoms. The van der Waals surface area contributed by atoms with E-state index in [1.165, 1.54) is 30.8 Å². The van der Waals surface area contributed by atoms with Gasteiger partial charge in [0.1, 0.15) is 53.9 Å². The molecule has 60 heavy (non-hydrogen) atoms. The zero-order valence-electron chi connectivity index (χ0n) is 36.2. The van der Waals surface area contributed by atoms with Gasteiger partial charge in [-0.1, -0.05) is 39.8 Å². The Morgan fingerprint density at radius 1 is 0.967 bits per heavy atom. The van der Waals surface area contributed by atoms with Crippen LogP contribution < -0.4 is 0 Å². The summed E-state index contributed by atoms with van der Waals surface area (Å²) in [7, 11) is 6.35. The molecule has 3 aromatic heterocycles. The molecule has 0 fully saturated rings. The standard InChI is InChI=1S/C44H64N4O12/c1-27-13-9-10-17-40-45-32(23-57-40)33-24-58-43(46-33)44-47-34(25-59-44)42(56-8)30(4)35(51)15-11-14-31(50)21-41(53)60-39(27)22-38(55-7)28(2)18-19-36(52)29(3)37(54-6)16-12-20-48(5)26-49/h10,12,17,20,23-31,35,37-39,42,50-51H,9,11,13-16,18-19,21-22H2,1-8H3/b17-10+,20-12+/t27-,28+,29+,30+,31+,35+,37-,38+,39+,42+/m1/s1. The van der Waals surface area contributed by atoms with Crippen LogP contribution in [0.5, 0.6) is 0 Å². The molecule has 10 atom stereocenters. The number of carbonyl (C=O) groups is 3. The van der Waals surface area contributed by atoms with E-state index < -0.39 is 36.3 Å². The Morgan fingerprint density at radius 3 is 2.38 bits per heavy atom. The Kier molecular flexibility index (Phi) is 19.3. The molecule has 2 N–H and O–H groups in total. The number of nitrogens with zero attached hydrogens (tertiary/aromatic N) is 4. The first kappa shape index (κ1) is 48.2. The number of fused-ring (bicyclic) bond motifs is 8. The summed E-state index contributed by atoms with van der Waals surface area (Å²) >= 11 is 0. The van der Waals surface area contributed by atoms with Crippen molar-refractivity contribution in [2.24, 2.45) is 23.7 Å². The Morgan fingerprint density at radius 2 is 1.67 bits per heavy atom. The lowest BCUT2D eigenvalue weighted by atomic mass is 9.86. The van der Waals surface area contributed by atoms with Gasteiger partial charge in [-0.15, -0.1) is 0 Å². The molecule has 0 radical (unpaired) electrons. The molecule has 6 bridgehead atoms. The predicted molar refractivity (Wildman–Crippen MR) is 221 cm³/mol. The molecular weight excluding hydrogens is 776 g/mol. The van der Waals surface area contributed by atoms with E-state index in [1.54, 1.807) is 33.5 Å². The maximum Gasteiger partial charge on any atom is 0.308 e. The second-order valence-electron chi connectivity index (χ2n) is 16.0. The van der Waals surface area contributed by atoms with Gasteiger partial charge in [-0.2, -0.15) is 0 Å². The van der Waals surface area contributed by atoms with Gasteiger partial charge in [0.15, 0.2) is 0 Å². The van der Waals surface area contributed by atoms with E-state index in [1.807, 2.05) is 39.8 Å². The normalized spacial score (nSPS) is 25.0. The minimum atomic E-state index is -0.969. The number of ether oxygens (including phenoxy) is 4. The molecule has 1 aliphatic rings. The van der Waals surface area contributed by atoms with Crippen LogP contribution in [0.2, 0.25) is 0 Å². The maximum absolute atomic E-state index is 13.4. The van der Waals surface area contributed by atoms with Crippen molar-refractivity contribution >= 4 is 24.2 Å². The second-order valence-corrected chi connectivity index (χ2v) is 16.0. The van der Waals surface area contributed by atoms with E-state index in [4.69, 9.17) is 32.2 Å². The maximum atomic E-state index is 13.4. The van der Waals surface area contributed by atoms with Gasteiger partial charge in [-0.05, 0) is 62.9 Å². The SMILES string of the molecule is CO[C@@H](C[C@@H]1OC(=O)C[C@@H](O)CCC[C@H](O)[C@H](C)[C@H](OC)c2coc(n2)-c2nc(co2)-c2coc(n2)/C=C/CC[C@H]1C)[C@@H](C)CCC(=O)[C@H](C)[C@@H](C/C=C/N(C)C=O)OC. The van der Waals surface area contributed by atoms with Crippen molar-refractivity contribution in [3.63, 3.8) is 0 Å². The van der Waals surface area contributed by atoms with Crippen LogP contribution in [0.4, 0.5) is 0 Å². The average molecular weight is 841 g/mol. The van der Waals surface area contributed by atoms with Crippen molar-refractivity contribution in [2.75, 3.05) is 28.4 Å². The summed E-state index contributed by atoms with van der Waals surface area (Å²) in [6, 6.07) is 0. The number of cyclic esters (lactones) is 1. The number of ketones is 1. The fraction of sp³-hybridized carbons (Fsp3) is 0.636. The Labute approximate surface area is 352 Å². The highest BCUT2D eigenvalue weighted by atomic mass is 16.5. The third kappa shape index (κ3) is 14.0. The van der Waals surface area contributed by atoms with Gasteiger partial charge in [0.05, 0.1) is 30.8 Å². The summed E-state index contributed by atoms with van der Waals surface area (Å²) < 4.78 is 40.4. The number of oxazole rings is 3. The highest BCUT2D eigenvalue weighted by Crippen LogP contribution is 2.33. The molecule has 16 heteroatoms. The number of rotatable bonds is 15. The topological polar surface area (TPSA) is 210 Å². The molecule has 3 aromatic rings. The molecular formula is C44H64N4O12. The number of allylic oxidation sites excluding steroid dienone is 1. The van der Waals surface area contributed by atoms with E-state index >= 15 is 0 Å². The van der Waals surface area contributed by atoms with Gasteiger partial charge >= 0.3 is 5.97 Å². The summed E-state index contributed by atoms with van der Waals surface area (Å²) in [5, 5.41) is 22.0. The van der Waals surface area contributed by atoms with Gasteiger partial charge in [-0.3, -0.25) is 14.4 Å². The highest BCUT2D eigenvalue weighted by molar-refractivity contribution is 5.81. The Bertz CT molecular complexity index is 1820. The van der Waals surface area contributed by atoms with Crippen molar-refractivity contribution in [2.45, 2.75) is 129 Å². The van der Waals surface area contributed by atoms with Crippen molar-refractivity contribution in [3.05, 3.63) is 48.7 Å². The fourth-order valence-corrected chi connectivity index (χ4v) is 7.44. The number of amides is 1. The molecule has 0 aromatic carbocycles. The largest absolute Gasteiger partial charge is 0.462 e. The van der Waals surface area contributed by atoms with E-state index in [-0.39, 0.29) is 60.4 Å². The summed E-state index contributed by atoms with van der Waals surface area (Å²) in [4.78, 5) is 52.5. The third-order valence-electron chi connectivity index (χ3n) is 11.5. The fourth-order valence-electron chi connectivity index (χ4n) is 7.44. The first-order valence-electron chi connectivity index (χ1n) is 20.8. The third-order valence-corrected chi connectivity index (χ3v) is 11.5. The predicted octanol–water partition coefficient (Wildman–Crippen LogP) is 6.98. The molecule has 1 aliphatic heterocycles. The van der Waals surface area contributed by atoms with Crippen LogP contribution in [-0.4, -0.2) is 107 Å². The summed E-state index contributed by atoms with van der Waals surface area (Å²) in [6.07, 6.45) is 12.6. The highest BCUT2D eigenvalue weighted by Gasteiger charge is 2.32. The zero-order valence-corrected chi connectivity index (χ0v) is 36.2. The molecule has 0 unspecified atom stereocenters. The van der Waals surface area contributed by atoms with E-state index in [2.05, 4.69) is 15.0 Å². The quantitative estimate of drug-likeness (QED) is 0.117. The van der Waals surface area contributed by atoms with Gasteiger partial charge < -0.3 is 47.3 Å². The van der Waals surface area contributed by atoms with Gasteiger partial charge in [0.25, 0.3) is 11.8 Å². The Balaban J connectivity index is 1.46. The first-order chi connectivity index (χ1) is 28.8. The van der Waals surface area contributed by atoms with Crippen molar-refractivity contribution in [1.82, 2.24) is 19.9 Å². The number of aliphatic hydroxyl groups is 2. The number of aliphatic hydroxyl groups excluding tert-OH is 2. The average Bonchev–Trinajstić information content (AvgIpc) is 4.03. The number of hydrogen-bond acceptors (Lipinski definition) is 15. The number of hydrogen-bond donors (Lipinski definition) is 2. The lowest BCUT2D eigenvalue weighted by molar-refractivity contribution is -0.156. The van der Waals surface area contributed by atoms with Crippen LogP contribution in [0.15, 0.2) is 50.4 Å².